The van der Waals surface area contributed by atoms with E-state index in [1.165, 1.54) is 6.20 Å². The number of benzene rings is 1. The van der Waals surface area contributed by atoms with Crippen molar-refractivity contribution in [3.8, 4) is 11.5 Å². The fourth-order valence-corrected chi connectivity index (χ4v) is 1.78. The summed E-state index contributed by atoms with van der Waals surface area (Å²) in [4.78, 5) is 3.97. The summed E-state index contributed by atoms with van der Waals surface area (Å²) in [7, 11) is 0. The number of nitrogens with two attached hydrogens (primary N) is 1. The van der Waals surface area contributed by atoms with Gasteiger partial charge in [-0.1, -0.05) is 21.1 Å². The Balaban J connectivity index is 2.35. The van der Waals surface area contributed by atoms with Crippen LogP contribution in [-0.4, -0.2) is 16.0 Å². The van der Waals surface area contributed by atoms with E-state index in [9.17, 15) is 0 Å². The Morgan fingerprint density at radius 2 is 2.21 bits per heavy atom. The summed E-state index contributed by atoms with van der Waals surface area (Å²) >= 11 is 3.42. The maximum absolute atomic E-state index is 8.74. The summed E-state index contributed by atoms with van der Waals surface area (Å²) in [5.74, 6) is 1.06. The van der Waals surface area contributed by atoms with Crippen molar-refractivity contribution in [3.05, 3.63) is 52.3 Å². The second kappa shape index (κ2) is 5.71. The van der Waals surface area contributed by atoms with E-state index in [4.69, 9.17) is 15.7 Å². The Hall–Kier alpha value is -2.08. The first kappa shape index (κ1) is 13.4. The number of aromatic nitrogens is 1. The highest BCUT2D eigenvalue weighted by molar-refractivity contribution is 9.10. The van der Waals surface area contributed by atoms with E-state index < -0.39 is 0 Å². The lowest BCUT2D eigenvalue weighted by Crippen LogP contribution is -2.14. The third-order valence-corrected chi connectivity index (χ3v) is 3.42. The van der Waals surface area contributed by atoms with Gasteiger partial charge in [0.25, 0.3) is 0 Å². The monoisotopic (exact) mass is 321 g/mol. The Bertz CT molecular complexity index is 629. The highest BCUT2D eigenvalue weighted by atomic mass is 79.9. The third kappa shape index (κ3) is 3.03. The van der Waals surface area contributed by atoms with Crippen LogP contribution >= 0.6 is 15.9 Å². The molecule has 0 atom stereocenters. The summed E-state index contributed by atoms with van der Waals surface area (Å²) in [6.45, 7) is 1.96. The molecule has 0 saturated carbocycles. The number of rotatable bonds is 3. The van der Waals surface area contributed by atoms with Crippen molar-refractivity contribution in [1.29, 1.82) is 0 Å². The molecule has 5 nitrogen and oxygen atoms in total. The Labute approximate surface area is 118 Å². The quantitative estimate of drug-likeness (QED) is 0.394. The number of hydrogen-bond donors (Lipinski definition) is 2. The number of aryl methyl sites for hydroxylation is 1. The highest BCUT2D eigenvalue weighted by Gasteiger charge is 2.09. The number of oxime groups is 1. The number of halogens is 1. The van der Waals surface area contributed by atoms with Gasteiger partial charge < -0.3 is 15.7 Å². The summed E-state index contributed by atoms with van der Waals surface area (Å²) in [6, 6.07) is 7.22. The second-order valence-electron chi connectivity index (χ2n) is 3.87. The number of pyridine rings is 1. The van der Waals surface area contributed by atoms with Gasteiger partial charge in [-0.05, 0) is 36.8 Å². The average molecular weight is 322 g/mol. The van der Waals surface area contributed by atoms with Crippen LogP contribution in [0.5, 0.6) is 11.5 Å². The molecule has 0 aliphatic heterocycles. The normalized spacial score (nSPS) is 11.4. The number of hydrogen-bond acceptors (Lipinski definition) is 4. The van der Waals surface area contributed by atoms with E-state index in [-0.39, 0.29) is 5.84 Å². The van der Waals surface area contributed by atoms with Gasteiger partial charge >= 0.3 is 0 Å². The van der Waals surface area contributed by atoms with Crippen molar-refractivity contribution >= 4 is 21.8 Å². The molecule has 0 amide bonds. The molecule has 0 bridgehead atoms. The largest absolute Gasteiger partial charge is 0.455 e. The van der Waals surface area contributed by atoms with E-state index in [2.05, 4.69) is 26.1 Å². The zero-order chi connectivity index (χ0) is 13.8. The molecule has 3 N–H and O–H groups in total. The van der Waals surface area contributed by atoms with Gasteiger partial charge in [0, 0.05) is 10.7 Å². The van der Waals surface area contributed by atoms with Gasteiger partial charge in [0.05, 0.1) is 11.8 Å². The molecular weight excluding hydrogens is 310 g/mol. The number of nitrogens with zero attached hydrogens (tertiary/aromatic N) is 2. The van der Waals surface area contributed by atoms with Gasteiger partial charge in [-0.2, -0.15) is 0 Å². The Morgan fingerprint density at radius 1 is 1.42 bits per heavy atom. The maximum Gasteiger partial charge on any atom is 0.173 e. The Morgan fingerprint density at radius 3 is 2.89 bits per heavy atom. The molecule has 0 aliphatic rings. The maximum atomic E-state index is 8.74. The first-order valence-corrected chi connectivity index (χ1v) is 6.27. The van der Waals surface area contributed by atoms with Crippen molar-refractivity contribution in [3.63, 3.8) is 0 Å². The molecule has 98 valence electrons. The second-order valence-corrected chi connectivity index (χ2v) is 4.72. The van der Waals surface area contributed by atoms with Crippen LogP contribution < -0.4 is 10.5 Å². The van der Waals surface area contributed by atoms with E-state index in [1.54, 1.807) is 12.3 Å². The van der Waals surface area contributed by atoms with Crippen LogP contribution in [0.2, 0.25) is 0 Å². The SMILES string of the molecule is Cc1cc(Oc2cnccc2/C(N)=N/O)ccc1Br. The zero-order valence-corrected chi connectivity index (χ0v) is 11.8. The lowest BCUT2D eigenvalue weighted by Gasteiger charge is -2.10. The molecule has 0 unspecified atom stereocenters. The molecule has 0 aliphatic carbocycles. The molecule has 1 heterocycles. The molecule has 2 rings (SSSR count). The van der Waals surface area contributed by atoms with Crippen LogP contribution in [0.25, 0.3) is 0 Å². The molecule has 0 spiro atoms. The standard InChI is InChI=1S/C13H12BrN3O2/c1-8-6-9(2-3-11(8)14)19-12-7-16-5-4-10(12)13(15)17-18/h2-7,18H,1H3,(H2,15,17). The molecule has 0 radical (unpaired) electrons. The van der Waals surface area contributed by atoms with Gasteiger partial charge in [-0.15, -0.1) is 0 Å². The minimum atomic E-state index is -0.0220. The lowest BCUT2D eigenvalue weighted by atomic mass is 10.2. The molecule has 2 aromatic rings. The Kier molecular flexibility index (Phi) is 4.01. The zero-order valence-electron chi connectivity index (χ0n) is 10.2. The highest BCUT2D eigenvalue weighted by Crippen LogP contribution is 2.27. The van der Waals surface area contributed by atoms with Crippen molar-refractivity contribution < 1.29 is 9.94 Å². The molecule has 6 heteroatoms. The van der Waals surface area contributed by atoms with Crippen LogP contribution in [0.15, 0.2) is 46.3 Å². The van der Waals surface area contributed by atoms with E-state index >= 15 is 0 Å². The molecule has 1 aromatic carbocycles. The van der Waals surface area contributed by atoms with Crippen LogP contribution in [0.1, 0.15) is 11.1 Å². The summed E-state index contributed by atoms with van der Waals surface area (Å²) in [5, 5.41) is 11.7. The predicted octanol–water partition coefficient (Wildman–Crippen LogP) is 3.04. The van der Waals surface area contributed by atoms with Gasteiger partial charge in [0.1, 0.15) is 5.75 Å². The molecule has 19 heavy (non-hydrogen) atoms. The smallest absolute Gasteiger partial charge is 0.173 e. The summed E-state index contributed by atoms with van der Waals surface area (Å²) in [5.41, 5.74) is 7.12. The lowest BCUT2D eigenvalue weighted by molar-refractivity contribution is 0.318. The first-order chi connectivity index (χ1) is 9.11. The van der Waals surface area contributed by atoms with E-state index in [0.29, 0.717) is 17.1 Å². The van der Waals surface area contributed by atoms with Crippen molar-refractivity contribution in [2.24, 2.45) is 10.9 Å². The van der Waals surface area contributed by atoms with Crippen molar-refractivity contribution in [1.82, 2.24) is 4.98 Å². The van der Waals surface area contributed by atoms with Gasteiger partial charge in [-0.3, -0.25) is 4.98 Å². The van der Waals surface area contributed by atoms with E-state index in [0.717, 1.165) is 10.0 Å². The van der Waals surface area contributed by atoms with Crippen LogP contribution in [-0.2, 0) is 0 Å². The van der Waals surface area contributed by atoms with Gasteiger partial charge in [-0.25, -0.2) is 0 Å². The third-order valence-electron chi connectivity index (χ3n) is 2.53. The van der Waals surface area contributed by atoms with E-state index in [1.807, 2.05) is 25.1 Å². The molecule has 0 saturated heterocycles. The van der Waals surface area contributed by atoms with Crippen LogP contribution in [0.4, 0.5) is 0 Å². The minimum absolute atomic E-state index is 0.0220. The van der Waals surface area contributed by atoms with Crippen molar-refractivity contribution in [2.75, 3.05) is 0 Å². The molecule has 0 fully saturated rings. The topological polar surface area (TPSA) is 80.7 Å². The summed E-state index contributed by atoms with van der Waals surface area (Å²) in [6.07, 6.45) is 3.07. The van der Waals surface area contributed by atoms with Crippen molar-refractivity contribution in [2.45, 2.75) is 6.92 Å². The van der Waals surface area contributed by atoms with Crippen LogP contribution in [0.3, 0.4) is 0 Å². The molecular formula is C13H12BrN3O2. The minimum Gasteiger partial charge on any atom is -0.455 e. The van der Waals surface area contributed by atoms with Gasteiger partial charge in [0.2, 0.25) is 0 Å². The fraction of sp³-hybridized carbons (Fsp3) is 0.0769. The number of amidine groups is 1. The fourth-order valence-electron chi connectivity index (χ4n) is 1.53. The van der Waals surface area contributed by atoms with Gasteiger partial charge in [0.15, 0.2) is 11.6 Å². The van der Waals surface area contributed by atoms with Crippen LogP contribution in [0, 0.1) is 6.92 Å². The number of ether oxygens (including phenoxy) is 1. The molecule has 1 aromatic heterocycles. The summed E-state index contributed by atoms with van der Waals surface area (Å²) < 4.78 is 6.72. The average Bonchev–Trinajstić information content (AvgIpc) is 2.43. The first-order valence-electron chi connectivity index (χ1n) is 5.47. The predicted molar refractivity (Wildman–Crippen MR) is 75.7 cm³/mol.